The maximum absolute atomic E-state index is 12.9. The van der Waals surface area contributed by atoms with Crippen molar-refractivity contribution in [1.29, 1.82) is 0 Å². The molecule has 1 atom stereocenters. The second kappa shape index (κ2) is 7.66. The highest BCUT2D eigenvalue weighted by Gasteiger charge is 2.30. The average Bonchev–Trinajstić information content (AvgIpc) is 3.11. The van der Waals surface area contributed by atoms with Crippen LogP contribution in [-0.4, -0.2) is 21.6 Å². The fourth-order valence-electron chi connectivity index (χ4n) is 3.26. The van der Waals surface area contributed by atoms with Crippen LogP contribution >= 0.6 is 23.2 Å². The van der Waals surface area contributed by atoms with E-state index < -0.39 is 5.92 Å². The first-order valence-electron chi connectivity index (χ1n) is 8.67. The smallest absolute Gasteiger partial charge is 0.233 e. The Labute approximate surface area is 171 Å². The minimum Gasteiger partial charge on any atom is -0.326 e. The van der Waals surface area contributed by atoms with Crippen molar-refractivity contribution < 1.29 is 9.59 Å². The predicted octanol–water partition coefficient (Wildman–Crippen LogP) is 4.30. The van der Waals surface area contributed by atoms with E-state index in [1.165, 1.54) is 0 Å². The summed E-state index contributed by atoms with van der Waals surface area (Å²) in [7, 11) is 0. The maximum Gasteiger partial charge on any atom is 0.233 e. The third kappa shape index (κ3) is 3.61. The molecule has 0 bridgehead atoms. The molecular formula is C20H16Cl2N4O2. The van der Waals surface area contributed by atoms with Gasteiger partial charge in [0.25, 0.3) is 0 Å². The summed E-state index contributed by atoms with van der Waals surface area (Å²) < 4.78 is 1.63. The highest BCUT2D eigenvalue weighted by molar-refractivity contribution is 6.42. The van der Waals surface area contributed by atoms with Gasteiger partial charge in [0, 0.05) is 18.2 Å². The SMILES string of the molecule is O=C1CC(C(=O)Nc2ccnn2Cc2cccc(Cl)c2Cl)c2ccccc2N1. The van der Waals surface area contributed by atoms with Crippen molar-refractivity contribution in [3.05, 3.63) is 75.9 Å². The van der Waals surface area contributed by atoms with Crippen LogP contribution in [0.4, 0.5) is 11.5 Å². The minimum atomic E-state index is -0.567. The lowest BCUT2D eigenvalue weighted by molar-refractivity contribution is -0.123. The van der Waals surface area contributed by atoms with E-state index in [2.05, 4.69) is 15.7 Å². The molecule has 1 unspecified atom stereocenters. The molecule has 2 aromatic carbocycles. The molecule has 2 amide bonds. The molecule has 1 aromatic heterocycles. The Morgan fingerprint density at radius 1 is 1.18 bits per heavy atom. The number of para-hydroxylation sites is 1. The van der Waals surface area contributed by atoms with Crippen LogP contribution in [0.5, 0.6) is 0 Å². The number of nitrogens with zero attached hydrogens (tertiary/aromatic N) is 2. The van der Waals surface area contributed by atoms with Crippen LogP contribution in [0.2, 0.25) is 10.0 Å². The Hall–Kier alpha value is -2.83. The van der Waals surface area contributed by atoms with Gasteiger partial charge in [0.2, 0.25) is 11.8 Å². The van der Waals surface area contributed by atoms with Gasteiger partial charge < -0.3 is 10.6 Å². The van der Waals surface area contributed by atoms with Gasteiger partial charge in [-0.15, -0.1) is 0 Å². The minimum absolute atomic E-state index is 0.0944. The molecule has 4 rings (SSSR count). The molecule has 28 heavy (non-hydrogen) atoms. The lowest BCUT2D eigenvalue weighted by atomic mass is 9.90. The van der Waals surface area contributed by atoms with Crippen LogP contribution in [0.3, 0.4) is 0 Å². The van der Waals surface area contributed by atoms with Crippen molar-refractivity contribution in [2.75, 3.05) is 10.6 Å². The molecule has 0 aliphatic carbocycles. The number of benzene rings is 2. The highest BCUT2D eigenvalue weighted by atomic mass is 35.5. The number of hydrogen-bond donors (Lipinski definition) is 2. The summed E-state index contributed by atoms with van der Waals surface area (Å²) >= 11 is 12.3. The largest absolute Gasteiger partial charge is 0.326 e. The monoisotopic (exact) mass is 414 g/mol. The number of fused-ring (bicyclic) bond motifs is 1. The van der Waals surface area contributed by atoms with Crippen molar-refractivity contribution in [3.8, 4) is 0 Å². The molecule has 2 N–H and O–H groups in total. The Bertz CT molecular complexity index is 1060. The molecule has 2 heterocycles. The quantitative estimate of drug-likeness (QED) is 0.667. The van der Waals surface area contributed by atoms with Crippen molar-refractivity contribution in [3.63, 3.8) is 0 Å². The van der Waals surface area contributed by atoms with Crippen LogP contribution in [0.15, 0.2) is 54.7 Å². The zero-order chi connectivity index (χ0) is 19.7. The van der Waals surface area contributed by atoms with Gasteiger partial charge in [0.15, 0.2) is 0 Å². The van der Waals surface area contributed by atoms with E-state index in [0.29, 0.717) is 28.1 Å². The number of hydrogen-bond acceptors (Lipinski definition) is 3. The molecule has 6 nitrogen and oxygen atoms in total. The molecule has 0 saturated carbocycles. The van der Waals surface area contributed by atoms with Crippen molar-refractivity contribution >= 4 is 46.5 Å². The lowest BCUT2D eigenvalue weighted by Gasteiger charge is -2.24. The number of carbonyl (C=O) groups excluding carboxylic acids is 2. The third-order valence-corrected chi connectivity index (χ3v) is 5.49. The van der Waals surface area contributed by atoms with Crippen molar-refractivity contribution in [2.45, 2.75) is 18.9 Å². The van der Waals surface area contributed by atoms with Crippen LogP contribution < -0.4 is 10.6 Å². The van der Waals surface area contributed by atoms with Gasteiger partial charge in [-0.05, 0) is 23.3 Å². The zero-order valence-electron chi connectivity index (χ0n) is 14.7. The normalized spacial score (nSPS) is 15.6. The molecule has 0 saturated heterocycles. The number of carbonyl (C=O) groups is 2. The van der Waals surface area contributed by atoms with Gasteiger partial charge in [-0.25, -0.2) is 4.68 Å². The van der Waals surface area contributed by atoms with E-state index in [0.717, 1.165) is 11.1 Å². The Kier molecular flexibility index (Phi) is 5.07. The number of aromatic nitrogens is 2. The fourth-order valence-corrected chi connectivity index (χ4v) is 3.64. The topological polar surface area (TPSA) is 76.0 Å². The Balaban J connectivity index is 1.56. The number of nitrogens with one attached hydrogen (secondary N) is 2. The van der Waals surface area contributed by atoms with E-state index in [-0.39, 0.29) is 18.2 Å². The van der Waals surface area contributed by atoms with Crippen LogP contribution in [0, 0.1) is 0 Å². The second-order valence-electron chi connectivity index (χ2n) is 6.47. The predicted molar refractivity (Wildman–Crippen MR) is 109 cm³/mol. The standard InChI is InChI=1S/C20H16Cl2N4O2/c21-15-6-3-4-12(19(15)22)11-26-17(8-9-23-26)25-20(28)14-10-18(27)24-16-7-2-1-5-13(14)16/h1-9,14H,10-11H2,(H,24,27)(H,25,28). The van der Waals surface area contributed by atoms with E-state index in [1.54, 1.807) is 29.1 Å². The summed E-state index contributed by atoms with van der Waals surface area (Å²) in [4.78, 5) is 24.9. The Morgan fingerprint density at radius 3 is 2.86 bits per heavy atom. The molecule has 1 aliphatic heterocycles. The first-order valence-corrected chi connectivity index (χ1v) is 9.43. The number of rotatable bonds is 4. The van der Waals surface area contributed by atoms with E-state index in [4.69, 9.17) is 23.2 Å². The maximum atomic E-state index is 12.9. The average molecular weight is 415 g/mol. The first-order chi connectivity index (χ1) is 13.5. The molecule has 1 aliphatic rings. The summed E-state index contributed by atoms with van der Waals surface area (Å²) in [6.45, 7) is 0.351. The van der Waals surface area contributed by atoms with Gasteiger partial charge in [-0.2, -0.15) is 5.10 Å². The van der Waals surface area contributed by atoms with E-state index in [1.807, 2.05) is 30.3 Å². The highest BCUT2D eigenvalue weighted by Crippen LogP contribution is 2.33. The van der Waals surface area contributed by atoms with Gasteiger partial charge in [0.1, 0.15) is 5.82 Å². The Morgan fingerprint density at radius 2 is 2.00 bits per heavy atom. The zero-order valence-corrected chi connectivity index (χ0v) is 16.2. The van der Waals surface area contributed by atoms with Gasteiger partial charge in [0.05, 0.1) is 28.7 Å². The number of halogens is 2. The van der Waals surface area contributed by atoms with E-state index in [9.17, 15) is 9.59 Å². The van der Waals surface area contributed by atoms with E-state index >= 15 is 0 Å². The van der Waals surface area contributed by atoms with Gasteiger partial charge in [-0.1, -0.05) is 53.5 Å². The summed E-state index contributed by atoms with van der Waals surface area (Å²) in [5.41, 5.74) is 2.25. The lowest BCUT2D eigenvalue weighted by Crippen LogP contribution is -2.31. The van der Waals surface area contributed by atoms with Gasteiger partial charge >= 0.3 is 0 Å². The van der Waals surface area contributed by atoms with Crippen LogP contribution in [0.25, 0.3) is 0 Å². The van der Waals surface area contributed by atoms with Crippen LogP contribution in [0.1, 0.15) is 23.5 Å². The molecule has 142 valence electrons. The summed E-state index contributed by atoms with van der Waals surface area (Å²) in [6, 6.07) is 14.4. The van der Waals surface area contributed by atoms with Crippen molar-refractivity contribution in [1.82, 2.24) is 9.78 Å². The molecule has 3 aromatic rings. The molecule has 0 spiro atoms. The first kappa shape index (κ1) is 18.5. The molecule has 8 heteroatoms. The molecule has 0 radical (unpaired) electrons. The summed E-state index contributed by atoms with van der Waals surface area (Å²) in [6.07, 6.45) is 1.69. The molecule has 0 fully saturated rings. The van der Waals surface area contributed by atoms with Gasteiger partial charge in [-0.3, -0.25) is 9.59 Å². The summed E-state index contributed by atoms with van der Waals surface area (Å²) in [5, 5.41) is 10.9. The summed E-state index contributed by atoms with van der Waals surface area (Å²) in [5.74, 6) is -0.494. The second-order valence-corrected chi connectivity index (χ2v) is 7.25. The number of amides is 2. The number of anilines is 2. The third-order valence-electron chi connectivity index (χ3n) is 4.64. The van der Waals surface area contributed by atoms with Crippen LogP contribution in [-0.2, 0) is 16.1 Å². The fraction of sp³-hybridized carbons (Fsp3) is 0.150. The molecular weight excluding hydrogens is 399 g/mol. The van der Waals surface area contributed by atoms with Crippen molar-refractivity contribution in [2.24, 2.45) is 0 Å².